The fraction of sp³-hybridized carbons (Fsp3) is 0.375. The first kappa shape index (κ1) is 23.0. The molecule has 0 bridgehead atoms. The van der Waals surface area contributed by atoms with Crippen LogP contribution in [0.15, 0.2) is 53.0 Å². The maximum absolute atomic E-state index is 13.5. The van der Waals surface area contributed by atoms with Crippen molar-refractivity contribution in [2.24, 2.45) is 5.41 Å². The molecular weight excluding hydrogens is 488 g/mol. The van der Waals surface area contributed by atoms with Crippen molar-refractivity contribution >= 4 is 27.9 Å². The Labute approximate surface area is 192 Å². The fourth-order valence-corrected chi connectivity index (χ4v) is 4.68. The number of carbonyl (C=O) groups is 1. The molecule has 0 saturated carbocycles. The van der Waals surface area contributed by atoms with Gasteiger partial charge in [0.1, 0.15) is 5.82 Å². The Morgan fingerprint density at radius 2 is 1.72 bits per heavy atom. The summed E-state index contributed by atoms with van der Waals surface area (Å²) in [6.45, 7) is 3.27. The number of rotatable bonds is 4. The van der Waals surface area contributed by atoms with Crippen molar-refractivity contribution in [3.8, 4) is 0 Å². The summed E-state index contributed by atoms with van der Waals surface area (Å²) < 4.78 is 53.3. The first-order chi connectivity index (χ1) is 15.1. The van der Waals surface area contributed by atoms with Gasteiger partial charge in [-0.15, -0.1) is 0 Å². The number of amides is 1. The van der Waals surface area contributed by atoms with Gasteiger partial charge in [-0.25, -0.2) is 4.39 Å². The third-order valence-corrected chi connectivity index (χ3v) is 6.84. The summed E-state index contributed by atoms with van der Waals surface area (Å²) in [5, 5.41) is 0. The molecule has 2 aromatic carbocycles. The highest BCUT2D eigenvalue weighted by Gasteiger charge is 2.46. The molecule has 1 amide bonds. The molecule has 3 nitrogen and oxygen atoms in total. The zero-order valence-corrected chi connectivity index (χ0v) is 18.9. The van der Waals surface area contributed by atoms with Gasteiger partial charge in [0.2, 0.25) is 5.91 Å². The summed E-state index contributed by atoms with van der Waals surface area (Å²) in [5.41, 5.74) is 0.294. The smallest absolute Gasteiger partial charge is 0.338 e. The van der Waals surface area contributed by atoms with E-state index in [0.717, 1.165) is 48.1 Å². The largest absolute Gasteiger partial charge is 0.419 e. The van der Waals surface area contributed by atoms with E-state index in [2.05, 4.69) is 20.8 Å². The summed E-state index contributed by atoms with van der Waals surface area (Å²) in [4.78, 5) is 16.4. The van der Waals surface area contributed by atoms with E-state index in [-0.39, 0.29) is 11.3 Å². The highest BCUT2D eigenvalue weighted by Crippen LogP contribution is 2.41. The molecule has 2 fully saturated rings. The molecule has 170 valence electrons. The van der Waals surface area contributed by atoms with Crippen LogP contribution in [-0.4, -0.2) is 41.9 Å². The van der Waals surface area contributed by atoms with Crippen LogP contribution >= 0.6 is 15.9 Å². The van der Waals surface area contributed by atoms with E-state index in [4.69, 9.17) is 0 Å². The summed E-state index contributed by atoms with van der Waals surface area (Å²) in [7, 11) is 0. The van der Waals surface area contributed by atoms with Gasteiger partial charge in [-0.05, 0) is 67.4 Å². The monoisotopic (exact) mass is 510 g/mol. The second kappa shape index (κ2) is 8.98. The fourth-order valence-electron chi connectivity index (χ4n) is 4.41. The Kier molecular flexibility index (Phi) is 6.45. The molecule has 2 aromatic rings. The van der Waals surface area contributed by atoms with Gasteiger partial charge in [-0.2, -0.15) is 13.2 Å². The van der Waals surface area contributed by atoms with Gasteiger partial charge in [0.05, 0.1) is 5.56 Å². The minimum atomic E-state index is -4.69. The van der Waals surface area contributed by atoms with Crippen LogP contribution in [0.1, 0.15) is 29.5 Å². The summed E-state index contributed by atoms with van der Waals surface area (Å²) in [6.07, 6.45) is 0.485. The Bertz CT molecular complexity index is 1000. The lowest BCUT2D eigenvalue weighted by Crippen LogP contribution is -2.61. The number of hydrogen-bond donors (Lipinski definition) is 0. The van der Waals surface area contributed by atoms with Crippen molar-refractivity contribution in [1.29, 1.82) is 0 Å². The number of alkyl halides is 3. The number of carbonyl (C=O) groups excluding carboxylic acids is 1. The van der Waals surface area contributed by atoms with E-state index in [1.54, 1.807) is 12.2 Å². The first-order valence-electron chi connectivity index (χ1n) is 10.4. The average Bonchev–Trinajstić information content (AvgIpc) is 2.73. The number of nitrogens with zero attached hydrogens (tertiary/aromatic N) is 2. The average molecular weight is 511 g/mol. The van der Waals surface area contributed by atoms with Gasteiger partial charge in [-0.3, -0.25) is 9.69 Å². The maximum Gasteiger partial charge on any atom is 0.419 e. The molecule has 8 heteroatoms. The Balaban J connectivity index is 1.27. The molecule has 2 aliphatic heterocycles. The summed E-state index contributed by atoms with van der Waals surface area (Å²) in [5.74, 6) is -1.25. The first-order valence-corrected chi connectivity index (χ1v) is 11.2. The van der Waals surface area contributed by atoms with Crippen molar-refractivity contribution < 1.29 is 22.4 Å². The zero-order chi connectivity index (χ0) is 22.9. The van der Waals surface area contributed by atoms with Gasteiger partial charge in [0.25, 0.3) is 0 Å². The van der Waals surface area contributed by atoms with Crippen LogP contribution in [-0.2, 0) is 17.5 Å². The van der Waals surface area contributed by atoms with E-state index >= 15 is 0 Å². The molecular formula is C24H23BrF4N2O. The van der Waals surface area contributed by atoms with Crippen molar-refractivity contribution in [3.63, 3.8) is 0 Å². The molecule has 2 saturated heterocycles. The van der Waals surface area contributed by atoms with Crippen LogP contribution in [0.3, 0.4) is 0 Å². The SMILES string of the molecule is O=C(/C=C/c1ccc(Br)cc1)N1CC2(CCN(Cc3ccc(F)c(C(F)(F)F)c3)CC2)C1. The van der Waals surface area contributed by atoms with Crippen LogP contribution in [0.25, 0.3) is 6.08 Å². The Hall–Kier alpha value is -2.19. The van der Waals surface area contributed by atoms with Crippen LogP contribution in [0, 0.1) is 11.2 Å². The number of halogens is 5. The lowest BCUT2D eigenvalue weighted by molar-refractivity contribution is -0.141. The molecule has 0 aromatic heterocycles. The molecule has 2 heterocycles. The van der Waals surface area contributed by atoms with Crippen LogP contribution in [0.2, 0.25) is 0 Å². The Morgan fingerprint density at radius 3 is 2.34 bits per heavy atom. The van der Waals surface area contributed by atoms with E-state index in [0.29, 0.717) is 25.2 Å². The number of likely N-dealkylation sites (tertiary alicyclic amines) is 2. The van der Waals surface area contributed by atoms with Crippen molar-refractivity contribution in [2.45, 2.75) is 25.6 Å². The van der Waals surface area contributed by atoms with Crippen LogP contribution in [0.5, 0.6) is 0 Å². The molecule has 0 radical (unpaired) electrons. The second-order valence-electron chi connectivity index (χ2n) is 8.67. The quantitative estimate of drug-likeness (QED) is 0.386. The highest BCUT2D eigenvalue weighted by atomic mass is 79.9. The van der Waals surface area contributed by atoms with Gasteiger partial charge >= 0.3 is 6.18 Å². The molecule has 0 aliphatic carbocycles. The minimum Gasteiger partial charge on any atom is -0.338 e. The van der Waals surface area contributed by atoms with Gasteiger partial charge in [0.15, 0.2) is 0 Å². The highest BCUT2D eigenvalue weighted by molar-refractivity contribution is 9.10. The molecule has 0 unspecified atom stereocenters. The molecule has 1 spiro atoms. The third kappa shape index (κ3) is 5.23. The van der Waals surface area contributed by atoms with Gasteiger partial charge in [-0.1, -0.05) is 34.1 Å². The van der Waals surface area contributed by atoms with Crippen molar-refractivity contribution in [2.75, 3.05) is 26.2 Å². The summed E-state index contributed by atoms with van der Waals surface area (Å²) in [6, 6.07) is 10.9. The van der Waals surface area contributed by atoms with Crippen LogP contribution < -0.4 is 0 Å². The maximum atomic E-state index is 13.5. The lowest BCUT2D eigenvalue weighted by Gasteiger charge is -2.53. The summed E-state index contributed by atoms with van der Waals surface area (Å²) >= 11 is 3.38. The van der Waals surface area contributed by atoms with E-state index in [1.165, 1.54) is 6.07 Å². The molecule has 2 aliphatic rings. The van der Waals surface area contributed by atoms with E-state index in [9.17, 15) is 22.4 Å². The normalized spacial score (nSPS) is 18.8. The second-order valence-corrected chi connectivity index (χ2v) is 9.58. The molecule has 4 rings (SSSR count). The van der Waals surface area contributed by atoms with Crippen molar-refractivity contribution in [1.82, 2.24) is 9.80 Å². The number of hydrogen-bond acceptors (Lipinski definition) is 2. The molecule has 0 N–H and O–H groups in total. The zero-order valence-electron chi connectivity index (χ0n) is 17.3. The van der Waals surface area contributed by atoms with E-state index < -0.39 is 17.6 Å². The van der Waals surface area contributed by atoms with Crippen molar-refractivity contribution in [3.05, 3.63) is 75.5 Å². The standard InChI is InChI=1S/C24H23BrF4N2O/c25-19-5-1-17(2-6-19)4-8-22(32)31-15-23(16-31)9-11-30(12-10-23)14-18-3-7-21(26)20(13-18)24(27,28)29/h1-8,13H,9-12,14-16H2/b8-4+. The lowest BCUT2D eigenvalue weighted by atomic mass is 9.72. The minimum absolute atomic E-state index is 0.00744. The van der Waals surface area contributed by atoms with Gasteiger partial charge in [0, 0.05) is 35.6 Å². The predicted molar refractivity (Wildman–Crippen MR) is 118 cm³/mol. The Morgan fingerprint density at radius 1 is 1.06 bits per heavy atom. The third-order valence-electron chi connectivity index (χ3n) is 6.31. The number of benzene rings is 2. The van der Waals surface area contributed by atoms with Gasteiger partial charge < -0.3 is 4.90 Å². The van der Waals surface area contributed by atoms with Crippen LogP contribution in [0.4, 0.5) is 17.6 Å². The number of piperidine rings is 1. The topological polar surface area (TPSA) is 23.6 Å². The molecule has 32 heavy (non-hydrogen) atoms. The van der Waals surface area contributed by atoms with E-state index in [1.807, 2.05) is 29.2 Å². The molecule has 0 atom stereocenters. The predicted octanol–water partition coefficient (Wildman–Crippen LogP) is 5.74.